The lowest BCUT2D eigenvalue weighted by Gasteiger charge is -2.29. The Hall–Kier alpha value is -0.590. The Labute approximate surface area is 86.6 Å². The highest BCUT2D eigenvalue weighted by molar-refractivity contribution is 5.79. The van der Waals surface area contributed by atoms with E-state index in [4.69, 9.17) is 0 Å². The van der Waals surface area contributed by atoms with Gasteiger partial charge in [-0.05, 0) is 43.4 Å². The summed E-state index contributed by atoms with van der Waals surface area (Å²) in [6.45, 7) is 2.32. The maximum atomic E-state index is 11.4. The molecule has 2 unspecified atom stereocenters. The third-order valence-corrected chi connectivity index (χ3v) is 3.91. The lowest BCUT2D eigenvalue weighted by Crippen LogP contribution is -2.24. The van der Waals surface area contributed by atoms with E-state index in [-0.39, 0.29) is 0 Å². The van der Waals surface area contributed by atoms with E-state index in [1.54, 1.807) is 0 Å². The zero-order chi connectivity index (χ0) is 9.97. The second kappa shape index (κ2) is 4.29. The highest BCUT2D eigenvalue weighted by Crippen LogP contribution is 2.35. The van der Waals surface area contributed by atoms with Gasteiger partial charge in [-0.1, -0.05) is 19.1 Å². The minimum Gasteiger partial charge on any atom is -0.300 e. The third kappa shape index (κ3) is 2.26. The standard InChI is InChI=1S/C13H20O/c1-10-6-7-13(14)9-12(10)8-11-4-2-3-5-11/h2-3,10-12H,4-9H2,1H3. The molecule has 0 aromatic carbocycles. The van der Waals surface area contributed by atoms with Crippen LogP contribution in [0.1, 0.15) is 45.4 Å². The molecule has 0 bridgehead atoms. The molecule has 0 amide bonds. The number of hydrogen-bond donors (Lipinski definition) is 0. The van der Waals surface area contributed by atoms with Crippen LogP contribution in [-0.4, -0.2) is 5.78 Å². The molecule has 14 heavy (non-hydrogen) atoms. The Morgan fingerprint density at radius 2 is 2.07 bits per heavy atom. The van der Waals surface area contributed by atoms with Gasteiger partial charge in [0.25, 0.3) is 0 Å². The minimum absolute atomic E-state index is 0.499. The van der Waals surface area contributed by atoms with E-state index in [0.29, 0.717) is 11.7 Å². The molecule has 0 aromatic rings. The van der Waals surface area contributed by atoms with Crippen molar-refractivity contribution in [2.24, 2.45) is 17.8 Å². The SMILES string of the molecule is CC1CCC(=O)CC1CC1CC=CC1. The summed E-state index contributed by atoms with van der Waals surface area (Å²) in [5, 5.41) is 0. The van der Waals surface area contributed by atoms with Crippen LogP contribution in [0.15, 0.2) is 12.2 Å². The van der Waals surface area contributed by atoms with Gasteiger partial charge in [-0.2, -0.15) is 0 Å². The number of carbonyl (C=O) groups excluding carboxylic acids is 1. The first kappa shape index (κ1) is 9.95. The monoisotopic (exact) mass is 192 g/mol. The van der Waals surface area contributed by atoms with Gasteiger partial charge in [-0.15, -0.1) is 0 Å². The Kier molecular flexibility index (Phi) is 3.05. The maximum absolute atomic E-state index is 11.4. The van der Waals surface area contributed by atoms with Crippen molar-refractivity contribution in [3.8, 4) is 0 Å². The van der Waals surface area contributed by atoms with Crippen molar-refractivity contribution < 1.29 is 4.79 Å². The summed E-state index contributed by atoms with van der Waals surface area (Å²) in [6, 6.07) is 0. The van der Waals surface area contributed by atoms with Gasteiger partial charge in [-0.25, -0.2) is 0 Å². The van der Waals surface area contributed by atoms with Crippen LogP contribution in [0.5, 0.6) is 0 Å². The van der Waals surface area contributed by atoms with Crippen molar-refractivity contribution >= 4 is 5.78 Å². The minimum atomic E-state index is 0.499. The second-order valence-electron chi connectivity index (χ2n) is 5.06. The molecule has 0 spiro atoms. The molecule has 2 rings (SSSR count). The summed E-state index contributed by atoms with van der Waals surface area (Å²) >= 11 is 0. The molecule has 0 saturated heterocycles. The van der Waals surface area contributed by atoms with Gasteiger partial charge < -0.3 is 0 Å². The molecule has 1 nitrogen and oxygen atoms in total. The van der Waals surface area contributed by atoms with Crippen molar-refractivity contribution in [1.82, 2.24) is 0 Å². The predicted molar refractivity (Wildman–Crippen MR) is 58.0 cm³/mol. The zero-order valence-electron chi connectivity index (χ0n) is 9.04. The van der Waals surface area contributed by atoms with Crippen LogP contribution in [0.3, 0.4) is 0 Å². The van der Waals surface area contributed by atoms with E-state index >= 15 is 0 Å². The average molecular weight is 192 g/mol. The van der Waals surface area contributed by atoms with E-state index in [1.807, 2.05) is 0 Å². The highest BCUT2D eigenvalue weighted by atomic mass is 16.1. The van der Waals surface area contributed by atoms with E-state index < -0.39 is 0 Å². The molecular formula is C13H20O. The fraction of sp³-hybridized carbons (Fsp3) is 0.769. The number of carbonyl (C=O) groups is 1. The number of rotatable bonds is 2. The largest absolute Gasteiger partial charge is 0.300 e. The average Bonchev–Trinajstić information content (AvgIpc) is 2.64. The van der Waals surface area contributed by atoms with Crippen molar-refractivity contribution in [3.63, 3.8) is 0 Å². The molecule has 0 heterocycles. The lowest BCUT2D eigenvalue weighted by molar-refractivity contribution is -0.122. The third-order valence-electron chi connectivity index (χ3n) is 3.91. The topological polar surface area (TPSA) is 17.1 Å². The van der Waals surface area contributed by atoms with E-state index in [9.17, 15) is 4.79 Å². The second-order valence-corrected chi connectivity index (χ2v) is 5.06. The molecule has 2 aliphatic rings. The molecule has 0 aliphatic heterocycles. The van der Waals surface area contributed by atoms with E-state index in [1.165, 1.54) is 19.3 Å². The van der Waals surface area contributed by atoms with Crippen molar-refractivity contribution in [3.05, 3.63) is 12.2 Å². The fourth-order valence-corrected chi connectivity index (χ4v) is 2.83. The van der Waals surface area contributed by atoms with Crippen LogP contribution in [0.2, 0.25) is 0 Å². The highest BCUT2D eigenvalue weighted by Gasteiger charge is 2.28. The summed E-state index contributed by atoms with van der Waals surface area (Å²) in [7, 11) is 0. The van der Waals surface area contributed by atoms with Crippen molar-refractivity contribution in [2.45, 2.75) is 45.4 Å². The lowest BCUT2D eigenvalue weighted by atomic mass is 9.75. The van der Waals surface area contributed by atoms with Gasteiger partial charge in [0, 0.05) is 12.8 Å². The smallest absolute Gasteiger partial charge is 0.133 e. The number of allylic oxidation sites excluding steroid dienone is 2. The normalized spacial score (nSPS) is 33.9. The maximum Gasteiger partial charge on any atom is 0.133 e. The van der Waals surface area contributed by atoms with Gasteiger partial charge in [0.15, 0.2) is 0 Å². The summed E-state index contributed by atoms with van der Waals surface area (Å²) in [5.41, 5.74) is 0. The first-order valence-electron chi connectivity index (χ1n) is 5.92. The Bertz CT molecular complexity index is 234. The molecular weight excluding hydrogens is 172 g/mol. The Morgan fingerprint density at radius 3 is 2.79 bits per heavy atom. The molecule has 2 atom stereocenters. The molecule has 1 saturated carbocycles. The van der Waals surface area contributed by atoms with Crippen LogP contribution < -0.4 is 0 Å². The van der Waals surface area contributed by atoms with Crippen LogP contribution in [0.4, 0.5) is 0 Å². The number of ketones is 1. The zero-order valence-corrected chi connectivity index (χ0v) is 9.04. The molecule has 2 aliphatic carbocycles. The van der Waals surface area contributed by atoms with Crippen molar-refractivity contribution in [2.75, 3.05) is 0 Å². The molecule has 1 heteroatoms. The Balaban J connectivity index is 1.85. The molecule has 0 aromatic heterocycles. The van der Waals surface area contributed by atoms with Crippen LogP contribution in [-0.2, 0) is 4.79 Å². The summed E-state index contributed by atoms with van der Waals surface area (Å²) in [5.74, 6) is 2.79. The summed E-state index contributed by atoms with van der Waals surface area (Å²) in [6.07, 6.45) is 11.2. The Morgan fingerprint density at radius 1 is 1.36 bits per heavy atom. The van der Waals surface area contributed by atoms with Gasteiger partial charge >= 0.3 is 0 Å². The van der Waals surface area contributed by atoms with Crippen LogP contribution >= 0.6 is 0 Å². The molecule has 78 valence electrons. The summed E-state index contributed by atoms with van der Waals surface area (Å²) in [4.78, 5) is 11.4. The van der Waals surface area contributed by atoms with Gasteiger partial charge in [0.2, 0.25) is 0 Å². The fourth-order valence-electron chi connectivity index (χ4n) is 2.83. The number of hydrogen-bond acceptors (Lipinski definition) is 1. The first-order valence-corrected chi connectivity index (χ1v) is 5.92. The summed E-state index contributed by atoms with van der Waals surface area (Å²) < 4.78 is 0. The van der Waals surface area contributed by atoms with E-state index in [0.717, 1.165) is 31.1 Å². The van der Waals surface area contributed by atoms with Gasteiger partial charge in [-0.3, -0.25) is 4.79 Å². The quantitative estimate of drug-likeness (QED) is 0.613. The van der Waals surface area contributed by atoms with Crippen molar-refractivity contribution in [1.29, 1.82) is 0 Å². The van der Waals surface area contributed by atoms with Gasteiger partial charge in [0.05, 0.1) is 0 Å². The first-order chi connectivity index (χ1) is 6.75. The van der Waals surface area contributed by atoms with Gasteiger partial charge in [0.1, 0.15) is 5.78 Å². The molecule has 1 fully saturated rings. The van der Waals surface area contributed by atoms with Crippen LogP contribution in [0, 0.1) is 17.8 Å². The predicted octanol–water partition coefficient (Wildman–Crippen LogP) is 3.35. The van der Waals surface area contributed by atoms with E-state index in [2.05, 4.69) is 19.1 Å². The van der Waals surface area contributed by atoms with Crippen LogP contribution in [0.25, 0.3) is 0 Å². The molecule has 0 N–H and O–H groups in total. The molecule has 0 radical (unpaired) electrons. The number of Topliss-reactive ketones (excluding diaryl/α,β-unsaturated/α-hetero) is 1.